The van der Waals surface area contributed by atoms with Gasteiger partial charge in [-0.25, -0.2) is 12.7 Å². The quantitative estimate of drug-likeness (QED) is 0.764. The zero-order valence-electron chi connectivity index (χ0n) is 10.6. The van der Waals surface area contributed by atoms with E-state index in [9.17, 15) is 8.42 Å². The Balaban J connectivity index is 2.26. The molecule has 0 spiro atoms. The van der Waals surface area contributed by atoms with Gasteiger partial charge in [-0.15, -0.1) is 0 Å². The zero-order chi connectivity index (χ0) is 12.2. The van der Waals surface area contributed by atoms with Crippen molar-refractivity contribution < 1.29 is 8.42 Å². The maximum absolute atomic E-state index is 11.5. The lowest BCUT2D eigenvalue weighted by Gasteiger charge is -2.21. The topological polar surface area (TPSA) is 49.4 Å². The Hall–Kier alpha value is -0.130. The number of rotatable bonds is 6. The summed E-state index contributed by atoms with van der Waals surface area (Å²) in [5, 5.41) is 3.39. The molecule has 0 saturated carbocycles. The van der Waals surface area contributed by atoms with Gasteiger partial charge in [-0.1, -0.05) is 20.3 Å². The van der Waals surface area contributed by atoms with E-state index >= 15 is 0 Å². The minimum absolute atomic E-state index is 0.327. The molecule has 1 aliphatic rings. The molecule has 2 atom stereocenters. The van der Waals surface area contributed by atoms with Crippen LogP contribution in [0.1, 0.15) is 33.6 Å². The SMILES string of the molecule is CCC(C)C(C)NCCN1CCCS1(=O)=O. The summed E-state index contributed by atoms with van der Waals surface area (Å²) < 4.78 is 24.7. The first kappa shape index (κ1) is 13.9. The van der Waals surface area contributed by atoms with Crippen LogP contribution in [0.2, 0.25) is 0 Å². The second-order valence-corrected chi connectivity index (χ2v) is 6.79. The standard InChI is InChI=1S/C11H24N2O2S/c1-4-10(2)11(3)12-6-8-13-7-5-9-16(13,14)15/h10-12H,4-9H2,1-3H3. The number of sulfonamides is 1. The third-order valence-electron chi connectivity index (χ3n) is 3.53. The van der Waals surface area contributed by atoms with E-state index in [1.807, 2.05) is 0 Å². The molecule has 0 aromatic carbocycles. The summed E-state index contributed by atoms with van der Waals surface area (Å²) in [6.45, 7) is 8.61. The summed E-state index contributed by atoms with van der Waals surface area (Å²) in [5.74, 6) is 0.962. The van der Waals surface area contributed by atoms with Gasteiger partial charge >= 0.3 is 0 Å². The Morgan fingerprint density at radius 1 is 1.38 bits per heavy atom. The molecule has 5 heteroatoms. The maximum atomic E-state index is 11.5. The van der Waals surface area contributed by atoms with Gasteiger partial charge in [0, 0.05) is 25.7 Å². The van der Waals surface area contributed by atoms with Crippen molar-refractivity contribution in [2.24, 2.45) is 5.92 Å². The highest BCUT2D eigenvalue weighted by atomic mass is 32.2. The van der Waals surface area contributed by atoms with Gasteiger partial charge in [0.05, 0.1) is 5.75 Å². The summed E-state index contributed by atoms with van der Waals surface area (Å²) in [6.07, 6.45) is 1.93. The lowest BCUT2D eigenvalue weighted by molar-refractivity contribution is 0.365. The van der Waals surface area contributed by atoms with E-state index in [2.05, 4.69) is 26.1 Å². The third-order valence-corrected chi connectivity index (χ3v) is 5.48. The molecule has 1 aliphatic heterocycles. The van der Waals surface area contributed by atoms with E-state index in [1.54, 1.807) is 4.31 Å². The summed E-state index contributed by atoms with van der Waals surface area (Å²) in [5.41, 5.74) is 0. The smallest absolute Gasteiger partial charge is 0.214 e. The molecule has 1 rings (SSSR count). The maximum Gasteiger partial charge on any atom is 0.214 e. The molecule has 0 aliphatic carbocycles. The molecule has 0 aromatic rings. The number of nitrogens with zero attached hydrogens (tertiary/aromatic N) is 1. The zero-order valence-corrected chi connectivity index (χ0v) is 11.4. The van der Waals surface area contributed by atoms with Crippen molar-refractivity contribution in [2.45, 2.75) is 39.7 Å². The first-order valence-corrected chi connectivity index (χ1v) is 7.79. The monoisotopic (exact) mass is 248 g/mol. The van der Waals surface area contributed by atoms with Crippen molar-refractivity contribution in [1.29, 1.82) is 0 Å². The Kier molecular flexibility index (Phi) is 5.21. The molecule has 96 valence electrons. The molecule has 0 amide bonds. The van der Waals surface area contributed by atoms with Gasteiger partial charge < -0.3 is 5.32 Å². The minimum Gasteiger partial charge on any atom is -0.313 e. The van der Waals surface area contributed by atoms with Gasteiger partial charge in [0.2, 0.25) is 10.0 Å². The molecule has 0 aromatic heterocycles. The molecule has 0 bridgehead atoms. The average molecular weight is 248 g/mol. The third kappa shape index (κ3) is 3.71. The van der Waals surface area contributed by atoms with Gasteiger partial charge in [-0.2, -0.15) is 0 Å². The summed E-state index contributed by atoms with van der Waals surface area (Å²) in [7, 11) is -2.92. The van der Waals surface area contributed by atoms with E-state index in [0.29, 0.717) is 30.8 Å². The van der Waals surface area contributed by atoms with Crippen LogP contribution in [0, 0.1) is 5.92 Å². The summed E-state index contributed by atoms with van der Waals surface area (Å²) >= 11 is 0. The molecule has 1 fully saturated rings. The molecular weight excluding hydrogens is 224 g/mol. The highest BCUT2D eigenvalue weighted by Gasteiger charge is 2.27. The Bertz CT molecular complexity index is 303. The minimum atomic E-state index is -2.92. The van der Waals surface area contributed by atoms with Crippen LogP contribution in [0.25, 0.3) is 0 Å². The van der Waals surface area contributed by atoms with Crippen molar-refractivity contribution in [3.8, 4) is 0 Å². The second-order valence-electron chi connectivity index (χ2n) is 4.70. The highest BCUT2D eigenvalue weighted by Crippen LogP contribution is 2.12. The molecular formula is C11H24N2O2S. The fourth-order valence-corrected chi connectivity index (χ4v) is 3.44. The van der Waals surface area contributed by atoms with Crippen LogP contribution < -0.4 is 5.32 Å². The van der Waals surface area contributed by atoms with Crippen LogP contribution in [-0.4, -0.2) is 44.2 Å². The molecule has 1 heterocycles. The molecule has 1 saturated heterocycles. The van der Waals surface area contributed by atoms with Gasteiger partial charge in [0.15, 0.2) is 0 Å². The summed E-state index contributed by atoms with van der Waals surface area (Å²) in [4.78, 5) is 0. The fraction of sp³-hybridized carbons (Fsp3) is 1.00. The predicted molar refractivity (Wildman–Crippen MR) is 66.9 cm³/mol. The van der Waals surface area contributed by atoms with E-state index in [1.165, 1.54) is 0 Å². The van der Waals surface area contributed by atoms with Crippen molar-refractivity contribution in [1.82, 2.24) is 9.62 Å². The van der Waals surface area contributed by atoms with Crippen LogP contribution in [-0.2, 0) is 10.0 Å². The normalized spacial score (nSPS) is 24.4. The molecule has 4 nitrogen and oxygen atoms in total. The van der Waals surface area contributed by atoms with Crippen LogP contribution in [0.15, 0.2) is 0 Å². The van der Waals surface area contributed by atoms with Crippen LogP contribution in [0.3, 0.4) is 0 Å². The molecule has 2 unspecified atom stereocenters. The number of hydrogen-bond acceptors (Lipinski definition) is 3. The van der Waals surface area contributed by atoms with E-state index < -0.39 is 10.0 Å². The fourth-order valence-electron chi connectivity index (χ4n) is 1.91. The van der Waals surface area contributed by atoms with Crippen LogP contribution >= 0.6 is 0 Å². The lowest BCUT2D eigenvalue weighted by Crippen LogP contribution is -2.39. The van der Waals surface area contributed by atoms with Crippen LogP contribution in [0.5, 0.6) is 0 Å². The largest absolute Gasteiger partial charge is 0.313 e. The van der Waals surface area contributed by atoms with Gasteiger partial charge in [0.1, 0.15) is 0 Å². The van der Waals surface area contributed by atoms with E-state index in [4.69, 9.17) is 0 Å². The summed E-state index contributed by atoms with van der Waals surface area (Å²) in [6, 6.07) is 0.454. The molecule has 0 radical (unpaired) electrons. The Morgan fingerprint density at radius 3 is 2.56 bits per heavy atom. The lowest BCUT2D eigenvalue weighted by atomic mass is 10.0. The van der Waals surface area contributed by atoms with Gasteiger partial charge in [-0.3, -0.25) is 0 Å². The van der Waals surface area contributed by atoms with Gasteiger partial charge in [-0.05, 0) is 19.3 Å². The Labute approximate surface area is 99.5 Å². The Morgan fingerprint density at radius 2 is 2.06 bits per heavy atom. The second kappa shape index (κ2) is 5.98. The molecule has 1 N–H and O–H groups in total. The average Bonchev–Trinajstić information content (AvgIpc) is 2.57. The number of nitrogens with one attached hydrogen (secondary N) is 1. The van der Waals surface area contributed by atoms with Crippen molar-refractivity contribution >= 4 is 10.0 Å². The first-order valence-electron chi connectivity index (χ1n) is 6.18. The van der Waals surface area contributed by atoms with E-state index in [0.717, 1.165) is 19.4 Å². The predicted octanol–water partition coefficient (Wildman–Crippen LogP) is 1.05. The van der Waals surface area contributed by atoms with Crippen molar-refractivity contribution in [3.05, 3.63) is 0 Å². The van der Waals surface area contributed by atoms with Crippen molar-refractivity contribution in [2.75, 3.05) is 25.4 Å². The number of hydrogen-bond donors (Lipinski definition) is 1. The van der Waals surface area contributed by atoms with E-state index in [-0.39, 0.29) is 0 Å². The van der Waals surface area contributed by atoms with Crippen LogP contribution in [0.4, 0.5) is 0 Å². The molecule has 16 heavy (non-hydrogen) atoms. The first-order chi connectivity index (χ1) is 7.47. The van der Waals surface area contributed by atoms with Gasteiger partial charge in [0.25, 0.3) is 0 Å². The van der Waals surface area contributed by atoms with Crippen molar-refractivity contribution in [3.63, 3.8) is 0 Å². The highest BCUT2D eigenvalue weighted by molar-refractivity contribution is 7.89.